The van der Waals surface area contributed by atoms with Crippen molar-refractivity contribution in [1.29, 1.82) is 0 Å². The number of hydrogen-bond acceptors (Lipinski definition) is 8. The van der Waals surface area contributed by atoms with Crippen LogP contribution in [0.15, 0.2) is 57.7 Å². The molecule has 0 aliphatic carbocycles. The predicted molar refractivity (Wildman–Crippen MR) is 114 cm³/mol. The van der Waals surface area contributed by atoms with Gasteiger partial charge in [-0.05, 0) is 30.7 Å². The van der Waals surface area contributed by atoms with Gasteiger partial charge in [-0.15, -0.1) is 10.2 Å². The quantitative estimate of drug-likeness (QED) is 0.493. The minimum Gasteiger partial charge on any atom is -0.417 e. The third kappa shape index (κ3) is 4.37. The Balaban J connectivity index is 1.56. The van der Waals surface area contributed by atoms with Crippen molar-refractivity contribution in [3.63, 3.8) is 0 Å². The zero-order valence-corrected chi connectivity index (χ0v) is 18.2. The van der Waals surface area contributed by atoms with Gasteiger partial charge in [-0.1, -0.05) is 12.1 Å². The van der Waals surface area contributed by atoms with Crippen LogP contribution in [0.4, 0.5) is 4.39 Å². The van der Waals surface area contributed by atoms with E-state index in [2.05, 4.69) is 20.5 Å². The van der Waals surface area contributed by atoms with Crippen LogP contribution in [0.5, 0.6) is 0 Å². The van der Waals surface area contributed by atoms with Gasteiger partial charge in [0.1, 0.15) is 11.7 Å². The van der Waals surface area contributed by atoms with E-state index >= 15 is 0 Å². The molecule has 174 valence electrons. The fourth-order valence-electron chi connectivity index (χ4n) is 3.35. The SMILES string of the molecule is CCN(C(=O)c1nnc(C)o1)C1=CC2=NC(C(=O)NCc3ccc(F)cc3)C(=O)C(=O)N2C=C1. The molecule has 1 N–H and O–H groups in total. The Morgan fingerprint density at radius 3 is 2.59 bits per heavy atom. The number of likely N-dealkylation sites (N-methyl/N-ethyl adjacent to an activating group) is 1. The number of aryl methyl sites for hydroxylation is 1. The number of benzene rings is 1. The molecule has 0 bridgehead atoms. The third-order valence-corrected chi connectivity index (χ3v) is 5.07. The Morgan fingerprint density at radius 1 is 1.21 bits per heavy atom. The lowest BCUT2D eigenvalue weighted by Gasteiger charge is -2.30. The number of carbonyl (C=O) groups excluding carboxylic acids is 4. The van der Waals surface area contributed by atoms with Crippen molar-refractivity contribution < 1.29 is 28.0 Å². The third-order valence-electron chi connectivity index (χ3n) is 5.07. The molecule has 0 saturated heterocycles. The summed E-state index contributed by atoms with van der Waals surface area (Å²) in [6.45, 7) is 3.54. The first kappa shape index (κ1) is 22.7. The standard InChI is InChI=1S/C22H19FN6O5/c1-3-28(22(33)20-27-26-12(2)34-20)15-8-9-29-16(10-15)25-17(18(30)21(29)32)19(31)24-11-13-4-6-14(23)7-5-13/h4-10,17H,3,11H2,1-2H3,(H,24,31). The summed E-state index contributed by atoms with van der Waals surface area (Å²) in [5, 5.41) is 9.90. The molecule has 2 aliphatic heterocycles. The van der Waals surface area contributed by atoms with Gasteiger partial charge < -0.3 is 14.6 Å². The van der Waals surface area contributed by atoms with E-state index in [0.29, 0.717) is 11.3 Å². The number of fused-ring (bicyclic) bond motifs is 1. The fourth-order valence-corrected chi connectivity index (χ4v) is 3.35. The summed E-state index contributed by atoms with van der Waals surface area (Å²) in [6.07, 6.45) is 4.18. The number of amidine groups is 1. The van der Waals surface area contributed by atoms with Crippen LogP contribution in [0.2, 0.25) is 0 Å². The van der Waals surface area contributed by atoms with Crippen molar-refractivity contribution in [2.24, 2.45) is 4.99 Å². The van der Waals surface area contributed by atoms with E-state index in [9.17, 15) is 23.6 Å². The highest BCUT2D eigenvalue weighted by atomic mass is 19.1. The number of carbonyl (C=O) groups is 4. The van der Waals surface area contributed by atoms with Gasteiger partial charge in [0.25, 0.3) is 11.7 Å². The summed E-state index contributed by atoms with van der Waals surface area (Å²) in [5.41, 5.74) is 0.959. The minimum absolute atomic E-state index is 0.0222. The average Bonchev–Trinajstić information content (AvgIpc) is 3.27. The maximum absolute atomic E-state index is 13.1. The zero-order valence-electron chi connectivity index (χ0n) is 18.2. The van der Waals surface area contributed by atoms with Crippen LogP contribution < -0.4 is 5.32 Å². The number of nitrogens with one attached hydrogen (secondary N) is 1. The second kappa shape index (κ2) is 9.17. The van der Waals surface area contributed by atoms with Gasteiger partial charge in [0.05, 0.1) is 0 Å². The second-order valence-electron chi connectivity index (χ2n) is 7.33. The number of Topliss-reactive ketones (excluding diaryl/α,β-unsaturated/α-hetero) is 1. The zero-order chi connectivity index (χ0) is 24.4. The molecular formula is C22H19FN6O5. The number of halogens is 1. The summed E-state index contributed by atoms with van der Waals surface area (Å²) in [4.78, 5) is 56.9. The van der Waals surface area contributed by atoms with Crippen LogP contribution >= 0.6 is 0 Å². The molecule has 0 radical (unpaired) electrons. The van der Waals surface area contributed by atoms with Crippen LogP contribution in [0, 0.1) is 12.7 Å². The molecule has 2 aromatic rings. The van der Waals surface area contributed by atoms with E-state index in [1.54, 1.807) is 13.8 Å². The molecule has 0 spiro atoms. The Hall–Kier alpha value is -4.48. The number of allylic oxidation sites excluding steroid dienone is 1. The van der Waals surface area contributed by atoms with Crippen LogP contribution in [-0.4, -0.2) is 61.9 Å². The van der Waals surface area contributed by atoms with E-state index in [4.69, 9.17) is 4.42 Å². The topological polar surface area (TPSA) is 138 Å². The van der Waals surface area contributed by atoms with Gasteiger partial charge in [0, 0.05) is 38.0 Å². The normalized spacial score (nSPS) is 17.1. The molecule has 2 aliphatic rings. The van der Waals surface area contributed by atoms with Gasteiger partial charge in [-0.25, -0.2) is 9.38 Å². The van der Waals surface area contributed by atoms with Crippen LogP contribution in [0.25, 0.3) is 0 Å². The molecule has 1 unspecified atom stereocenters. The van der Waals surface area contributed by atoms with Gasteiger partial charge in [0.2, 0.25) is 5.89 Å². The van der Waals surface area contributed by atoms with E-state index in [0.717, 1.165) is 4.90 Å². The molecule has 3 heterocycles. The number of aliphatic imine (C=N–C) groups is 1. The molecule has 1 aromatic carbocycles. The Morgan fingerprint density at radius 2 is 1.94 bits per heavy atom. The van der Waals surface area contributed by atoms with Crippen LogP contribution in [-0.2, 0) is 20.9 Å². The van der Waals surface area contributed by atoms with Crippen molar-refractivity contribution in [2.75, 3.05) is 6.54 Å². The highest BCUT2D eigenvalue weighted by Gasteiger charge is 2.41. The first-order valence-electron chi connectivity index (χ1n) is 10.3. The van der Waals surface area contributed by atoms with E-state index in [-0.39, 0.29) is 30.7 Å². The van der Waals surface area contributed by atoms with Gasteiger partial charge in [-0.2, -0.15) is 0 Å². The highest BCUT2D eigenvalue weighted by molar-refractivity contribution is 6.47. The summed E-state index contributed by atoms with van der Waals surface area (Å²) in [7, 11) is 0. The summed E-state index contributed by atoms with van der Waals surface area (Å²) < 4.78 is 18.2. The lowest BCUT2D eigenvalue weighted by atomic mass is 10.1. The van der Waals surface area contributed by atoms with Crippen molar-refractivity contribution >= 4 is 29.3 Å². The lowest BCUT2D eigenvalue weighted by Crippen LogP contribution is -2.52. The number of hydrogen-bond donors (Lipinski definition) is 1. The largest absolute Gasteiger partial charge is 0.417 e. The Kier molecular flexibility index (Phi) is 6.13. The summed E-state index contributed by atoms with van der Waals surface area (Å²) in [5.74, 6) is -3.62. The maximum Gasteiger partial charge on any atom is 0.315 e. The molecule has 12 heteroatoms. The number of ketones is 1. The molecular weight excluding hydrogens is 447 g/mol. The van der Waals surface area contributed by atoms with E-state index in [1.165, 1.54) is 47.5 Å². The van der Waals surface area contributed by atoms with E-state index in [1.807, 2.05) is 0 Å². The smallest absolute Gasteiger partial charge is 0.315 e. The van der Waals surface area contributed by atoms with Gasteiger partial charge >= 0.3 is 17.7 Å². The number of aromatic nitrogens is 2. The molecule has 1 atom stereocenters. The van der Waals surface area contributed by atoms with Crippen LogP contribution in [0.3, 0.4) is 0 Å². The predicted octanol–water partition coefficient (Wildman–Crippen LogP) is 0.885. The van der Waals surface area contributed by atoms with Crippen molar-refractivity contribution in [2.45, 2.75) is 26.4 Å². The molecule has 4 rings (SSSR count). The minimum atomic E-state index is -1.59. The molecule has 0 fully saturated rings. The van der Waals surface area contributed by atoms with Gasteiger partial charge in [0.15, 0.2) is 6.04 Å². The van der Waals surface area contributed by atoms with Crippen molar-refractivity contribution in [1.82, 2.24) is 25.3 Å². The molecule has 3 amide bonds. The van der Waals surface area contributed by atoms with Crippen molar-refractivity contribution in [3.8, 4) is 0 Å². The monoisotopic (exact) mass is 466 g/mol. The molecule has 34 heavy (non-hydrogen) atoms. The summed E-state index contributed by atoms with van der Waals surface area (Å²) in [6, 6.07) is 3.86. The number of amides is 3. The second-order valence-corrected chi connectivity index (χ2v) is 7.33. The average molecular weight is 466 g/mol. The first-order valence-corrected chi connectivity index (χ1v) is 10.3. The Bertz CT molecular complexity index is 1260. The maximum atomic E-state index is 13.1. The van der Waals surface area contributed by atoms with Gasteiger partial charge in [-0.3, -0.25) is 24.1 Å². The molecule has 1 aromatic heterocycles. The number of rotatable bonds is 6. The molecule has 11 nitrogen and oxygen atoms in total. The lowest BCUT2D eigenvalue weighted by molar-refractivity contribution is -0.144. The van der Waals surface area contributed by atoms with Crippen molar-refractivity contribution in [3.05, 3.63) is 71.5 Å². The number of nitrogens with zero attached hydrogens (tertiary/aromatic N) is 5. The molecule has 0 saturated carbocycles. The highest BCUT2D eigenvalue weighted by Crippen LogP contribution is 2.21. The van der Waals surface area contributed by atoms with E-state index < -0.39 is 35.4 Å². The fraction of sp³-hybridized carbons (Fsp3) is 0.227. The summed E-state index contributed by atoms with van der Waals surface area (Å²) >= 11 is 0. The first-order chi connectivity index (χ1) is 16.3. The van der Waals surface area contributed by atoms with Crippen LogP contribution in [0.1, 0.15) is 29.1 Å². The Labute approximate surface area is 192 Å².